The maximum Gasteiger partial charge on any atom is 0.416 e. The van der Waals surface area contributed by atoms with Crippen LogP contribution in [0.15, 0.2) is 18.2 Å². The van der Waals surface area contributed by atoms with Crippen LogP contribution in [0.3, 0.4) is 0 Å². The molecule has 0 spiro atoms. The Balaban J connectivity index is 0.00000361. The van der Waals surface area contributed by atoms with E-state index in [9.17, 15) is 22.7 Å². The van der Waals surface area contributed by atoms with Crippen LogP contribution in [-0.4, -0.2) is 11.2 Å². The van der Waals surface area contributed by atoms with E-state index >= 15 is 0 Å². The van der Waals surface area contributed by atoms with Gasteiger partial charge in [-0.3, -0.25) is 0 Å². The van der Waals surface area contributed by atoms with Gasteiger partial charge in [0.15, 0.2) is 0 Å². The van der Waals surface area contributed by atoms with Gasteiger partial charge in [0.05, 0.1) is 17.7 Å². The molecule has 1 aromatic rings. The second-order valence-electron chi connectivity index (χ2n) is 4.63. The lowest BCUT2D eigenvalue weighted by molar-refractivity contribution is -0.138. The quantitative estimate of drug-likeness (QED) is 0.833. The molecule has 0 fully saturated rings. The predicted octanol–water partition coefficient (Wildman–Crippen LogP) is 3.67. The molecular weight excluding hydrogens is 298 g/mol. The molecule has 0 heterocycles. The zero-order valence-electron chi connectivity index (χ0n) is 11.1. The third-order valence-corrected chi connectivity index (χ3v) is 3.27. The van der Waals surface area contributed by atoms with E-state index in [2.05, 4.69) is 0 Å². The maximum absolute atomic E-state index is 13.1. The largest absolute Gasteiger partial charge is 0.416 e. The van der Waals surface area contributed by atoms with E-state index in [1.54, 1.807) is 13.8 Å². The van der Waals surface area contributed by atoms with Crippen LogP contribution in [0.5, 0.6) is 0 Å². The van der Waals surface area contributed by atoms with Gasteiger partial charge in [-0.2, -0.15) is 13.2 Å². The van der Waals surface area contributed by atoms with E-state index in [0.29, 0.717) is 12.5 Å². The van der Waals surface area contributed by atoms with Gasteiger partial charge in [-0.25, -0.2) is 4.39 Å². The van der Waals surface area contributed by atoms with E-state index in [-0.39, 0.29) is 18.3 Å². The SMILES string of the molecule is CCC(C)[C@H](O)[C@H](N)c1cc(F)ccc1C(F)(F)F.Cl. The lowest BCUT2D eigenvalue weighted by Gasteiger charge is -2.26. The summed E-state index contributed by atoms with van der Waals surface area (Å²) in [7, 11) is 0. The number of aliphatic hydroxyl groups excluding tert-OH is 1. The summed E-state index contributed by atoms with van der Waals surface area (Å²) in [6.45, 7) is 3.47. The molecule has 3 N–H and O–H groups in total. The average molecular weight is 316 g/mol. The molecule has 0 bridgehead atoms. The summed E-state index contributed by atoms with van der Waals surface area (Å²) in [5, 5.41) is 9.91. The highest BCUT2D eigenvalue weighted by Gasteiger charge is 2.36. The lowest BCUT2D eigenvalue weighted by Crippen LogP contribution is -2.33. The number of hydrogen-bond acceptors (Lipinski definition) is 2. The topological polar surface area (TPSA) is 46.2 Å². The molecular formula is C13H18ClF4NO. The van der Waals surface area contributed by atoms with Crippen molar-refractivity contribution in [1.82, 2.24) is 0 Å². The molecule has 7 heteroatoms. The van der Waals surface area contributed by atoms with E-state index in [1.165, 1.54) is 0 Å². The molecule has 2 nitrogen and oxygen atoms in total. The van der Waals surface area contributed by atoms with Gasteiger partial charge in [0, 0.05) is 0 Å². The summed E-state index contributed by atoms with van der Waals surface area (Å²) in [4.78, 5) is 0. The van der Waals surface area contributed by atoms with Crippen molar-refractivity contribution in [3.05, 3.63) is 35.1 Å². The second-order valence-corrected chi connectivity index (χ2v) is 4.63. The van der Waals surface area contributed by atoms with Crippen molar-refractivity contribution in [2.24, 2.45) is 11.7 Å². The molecule has 0 aliphatic heterocycles. The first kappa shape index (κ1) is 19.1. The molecule has 3 atom stereocenters. The van der Waals surface area contributed by atoms with Crippen molar-refractivity contribution in [2.45, 2.75) is 38.6 Å². The maximum atomic E-state index is 13.1. The highest BCUT2D eigenvalue weighted by molar-refractivity contribution is 5.85. The molecule has 116 valence electrons. The van der Waals surface area contributed by atoms with Gasteiger partial charge in [-0.1, -0.05) is 20.3 Å². The third-order valence-electron chi connectivity index (χ3n) is 3.27. The average Bonchev–Trinajstić information content (AvgIpc) is 2.34. The first-order chi connectivity index (χ1) is 8.68. The van der Waals surface area contributed by atoms with Crippen molar-refractivity contribution in [2.75, 3.05) is 0 Å². The molecule has 0 aliphatic rings. The normalized spacial score (nSPS) is 16.2. The molecule has 0 aliphatic carbocycles. The van der Waals surface area contributed by atoms with Crippen molar-refractivity contribution < 1.29 is 22.7 Å². The number of aliphatic hydroxyl groups is 1. The Hall–Kier alpha value is -0.850. The number of hydrogen-bond donors (Lipinski definition) is 2. The van der Waals surface area contributed by atoms with Crippen LogP contribution in [0.1, 0.15) is 37.4 Å². The molecule has 1 rings (SSSR count). The van der Waals surface area contributed by atoms with Crippen LogP contribution >= 0.6 is 12.4 Å². The highest BCUT2D eigenvalue weighted by Crippen LogP contribution is 2.36. The summed E-state index contributed by atoms with van der Waals surface area (Å²) in [5.41, 5.74) is 4.24. The van der Waals surface area contributed by atoms with Gasteiger partial charge in [-0.05, 0) is 29.7 Å². The number of nitrogens with two attached hydrogens (primary N) is 1. The van der Waals surface area contributed by atoms with Gasteiger partial charge in [0.1, 0.15) is 5.82 Å². The van der Waals surface area contributed by atoms with Gasteiger partial charge < -0.3 is 10.8 Å². The predicted molar refractivity (Wildman–Crippen MR) is 71.0 cm³/mol. The molecule has 1 aromatic carbocycles. The minimum Gasteiger partial charge on any atom is -0.391 e. The van der Waals surface area contributed by atoms with Gasteiger partial charge in [-0.15, -0.1) is 12.4 Å². The Morgan fingerprint density at radius 1 is 1.30 bits per heavy atom. The van der Waals surface area contributed by atoms with E-state index in [0.717, 1.165) is 12.1 Å². The smallest absolute Gasteiger partial charge is 0.391 e. The van der Waals surface area contributed by atoms with E-state index in [4.69, 9.17) is 5.73 Å². The number of halogens is 5. The highest BCUT2D eigenvalue weighted by atomic mass is 35.5. The van der Waals surface area contributed by atoms with Crippen molar-refractivity contribution in [3.63, 3.8) is 0 Å². The Labute approximate surface area is 121 Å². The number of benzene rings is 1. The van der Waals surface area contributed by atoms with E-state index in [1.807, 2.05) is 0 Å². The minimum absolute atomic E-state index is 0. The molecule has 0 saturated carbocycles. The molecule has 0 aromatic heterocycles. The molecule has 0 amide bonds. The molecule has 1 unspecified atom stereocenters. The summed E-state index contributed by atoms with van der Waals surface area (Å²) in [6, 6.07) is 0.837. The van der Waals surface area contributed by atoms with Crippen molar-refractivity contribution in [3.8, 4) is 0 Å². The fraction of sp³-hybridized carbons (Fsp3) is 0.538. The van der Waals surface area contributed by atoms with Crippen LogP contribution in [0.2, 0.25) is 0 Å². The van der Waals surface area contributed by atoms with Gasteiger partial charge in [0.25, 0.3) is 0 Å². The van der Waals surface area contributed by atoms with E-state index < -0.39 is 35.3 Å². The third kappa shape index (κ3) is 4.33. The molecule has 0 saturated heterocycles. The van der Waals surface area contributed by atoms with Crippen molar-refractivity contribution >= 4 is 12.4 Å². The summed E-state index contributed by atoms with van der Waals surface area (Å²) in [5.74, 6) is -1.09. The summed E-state index contributed by atoms with van der Waals surface area (Å²) >= 11 is 0. The molecule has 20 heavy (non-hydrogen) atoms. The van der Waals surface area contributed by atoms with Gasteiger partial charge in [0.2, 0.25) is 0 Å². The van der Waals surface area contributed by atoms with Gasteiger partial charge >= 0.3 is 6.18 Å². The standard InChI is InChI=1S/C13H17F4NO.ClH/c1-3-7(2)12(19)11(18)9-6-8(14)4-5-10(9)13(15,16)17;/h4-7,11-12,19H,3,18H2,1-2H3;1H/t7?,11-,12+;/m1./s1. The molecule has 0 radical (unpaired) electrons. The Kier molecular flexibility index (Phi) is 6.93. The van der Waals surface area contributed by atoms with Crippen LogP contribution < -0.4 is 5.73 Å². The van der Waals surface area contributed by atoms with Crippen LogP contribution in [0.25, 0.3) is 0 Å². The number of alkyl halides is 3. The Bertz CT molecular complexity index is 439. The zero-order chi connectivity index (χ0) is 14.8. The lowest BCUT2D eigenvalue weighted by atomic mass is 9.89. The fourth-order valence-electron chi connectivity index (χ4n) is 1.85. The Morgan fingerprint density at radius 2 is 1.85 bits per heavy atom. The minimum atomic E-state index is -4.63. The first-order valence-electron chi connectivity index (χ1n) is 5.98. The first-order valence-corrected chi connectivity index (χ1v) is 5.98. The number of rotatable bonds is 4. The monoisotopic (exact) mass is 315 g/mol. The second kappa shape index (κ2) is 7.24. The zero-order valence-corrected chi connectivity index (χ0v) is 11.9. The van der Waals surface area contributed by atoms with Crippen LogP contribution in [0, 0.1) is 11.7 Å². The van der Waals surface area contributed by atoms with Crippen LogP contribution in [0.4, 0.5) is 17.6 Å². The fourth-order valence-corrected chi connectivity index (χ4v) is 1.85. The van der Waals surface area contributed by atoms with Crippen molar-refractivity contribution in [1.29, 1.82) is 0 Å². The Morgan fingerprint density at radius 3 is 2.30 bits per heavy atom. The van der Waals surface area contributed by atoms with Crippen LogP contribution in [-0.2, 0) is 6.18 Å². The summed E-state index contributed by atoms with van der Waals surface area (Å²) < 4.78 is 51.6. The summed E-state index contributed by atoms with van der Waals surface area (Å²) in [6.07, 6.45) is -5.23.